The summed E-state index contributed by atoms with van der Waals surface area (Å²) in [5.74, 6) is 1.80. The maximum Gasteiger partial charge on any atom is 0.244 e. The molecule has 0 saturated carbocycles. The van der Waals surface area contributed by atoms with Crippen molar-refractivity contribution < 1.29 is 19.1 Å². The summed E-state index contributed by atoms with van der Waals surface area (Å²) < 4.78 is 13.0. The highest BCUT2D eigenvalue weighted by atomic mass is 16.6. The number of carbonyl (C=O) groups excluding carboxylic acids is 2. The van der Waals surface area contributed by atoms with E-state index in [0.29, 0.717) is 43.4 Å². The molecular formula is C23H26N4O4. The number of anilines is 1. The normalized spacial score (nSPS) is 12.7. The molecule has 2 aromatic carbocycles. The number of nitrogens with zero attached hydrogens (tertiary/aromatic N) is 2. The van der Waals surface area contributed by atoms with Crippen LogP contribution in [0.1, 0.15) is 19.7 Å². The van der Waals surface area contributed by atoms with Gasteiger partial charge < -0.3 is 24.7 Å². The van der Waals surface area contributed by atoms with Crippen LogP contribution in [-0.2, 0) is 22.6 Å². The minimum Gasteiger partial charge on any atom is -0.486 e. The van der Waals surface area contributed by atoms with Gasteiger partial charge in [0.15, 0.2) is 11.5 Å². The summed E-state index contributed by atoms with van der Waals surface area (Å²) in [4.78, 5) is 29.3. The standard InChI is InChI=1S/C23H26N4O4/c1-15(2)23(29)24-10-9-21-26-17-5-3-4-6-18(17)27(21)14-22(28)25-16-7-8-19-20(13-16)31-12-11-30-19/h3-8,13,15H,9-12,14H2,1-2H3,(H,24,29)(H,25,28). The third kappa shape index (κ3) is 4.79. The van der Waals surface area contributed by atoms with Crippen LogP contribution in [0.3, 0.4) is 0 Å². The molecule has 1 aliphatic heterocycles. The zero-order valence-electron chi connectivity index (χ0n) is 17.7. The fraction of sp³-hybridized carbons (Fsp3) is 0.348. The van der Waals surface area contributed by atoms with Crippen LogP contribution in [0.2, 0.25) is 0 Å². The lowest BCUT2D eigenvalue weighted by Gasteiger charge is -2.19. The number of hydrogen-bond acceptors (Lipinski definition) is 5. The van der Waals surface area contributed by atoms with E-state index in [-0.39, 0.29) is 24.3 Å². The smallest absolute Gasteiger partial charge is 0.244 e. The number of nitrogens with one attached hydrogen (secondary N) is 2. The van der Waals surface area contributed by atoms with Gasteiger partial charge >= 0.3 is 0 Å². The predicted molar refractivity (Wildman–Crippen MR) is 117 cm³/mol. The molecule has 1 aromatic heterocycles. The molecule has 8 nitrogen and oxygen atoms in total. The first kappa shape index (κ1) is 20.7. The van der Waals surface area contributed by atoms with Crippen molar-refractivity contribution in [2.75, 3.05) is 25.1 Å². The van der Waals surface area contributed by atoms with Crippen LogP contribution >= 0.6 is 0 Å². The fourth-order valence-electron chi connectivity index (χ4n) is 3.46. The molecule has 0 saturated heterocycles. The van der Waals surface area contributed by atoms with Gasteiger partial charge in [0.1, 0.15) is 25.6 Å². The first-order valence-electron chi connectivity index (χ1n) is 10.4. The Hall–Kier alpha value is -3.55. The van der Waals surface area contributed by atoms with Crippen LogP contribution in [-0.4, -0.2) is 41.1 Å². The van der Waals surface area contributed by atoms with Crippen LogP contribution in [0.5, 0.6) is 11.5 Å². The lowest BCUT2D eigenvalue weighted by atomic mass is 10.2. The summed E-state index contributed by atoms with van der Waals surface area (Å²) in [5.41, 5.74) is 2.34. The number of amides is 2. The highest BCUT2D eigenvalue weighted by Crippen LogP contribution is 2.32. The number of fused-ring (bicyclic) bond motifs is 2. The van der Waals surface area contributed by atoms with Crippen molar-refractivity contribution in [1.29, 1.82) is 0 Å². The van der Waals surface area contributed by atoms with E-state index < -0.39 is 0 Å². The third-order valence-electron chi connectivity index (χ3n) is 5.03. The third-order valence-corrected chi connectivity index (χ3v) is 5.03. The summed E-state index contributed by atoms with van der Waals surface area (Å²) in [6, 6.07) is 13.0. The van der Waals surface area contributed by atoms with Crippen molar-refractivity contribution in [3.05, 3.63) is 48.3 Å². The van der Waals surface area contributed by atoms with E-state index in [0.717, 1.165) is 16.9 Å². The number of hydrogen-bond donors (Lipinski definition) is 2. The zero-order chi connectivity index (χ0) is 21.8. The Morgan fingerprint density at radius 2 is 1.87 bits per heavy atom. The van der Waals surface area contributed by atoms with E-state index in [2.05, 4.69) is 15.6 Å². The molecule has 0 unspecified atom stereocenters. The van der Waals surface area contributed by atoms with Gasteiger partial charge in [-0.15, -0.1) is 0 Å². The van der Waals surface area contributed by atoms with E-state index in [1.807, 2.05) is 42.7 Å². The molecule has 0 radical (unpaired) electrons. The molecule has 1 aliphatic rings. The van der Waals surface area contributed by atoms with Crippen LogP contribution in [0, 0.1) is 5.92 Å². The first-order valence-corrected chi connectivity index (χ1v) is 10.4. The van der Waals surface area contributed by atoms with E-state index in [9.17, 15) is 9.59 Å². The Morgan fingerprint density at radius 1 is 1.10 bits per heavy atom. The fourth-order valence-corrected chi connectivity index (χ4v) is 3.46. The Bertz CT molecular complexity index is 1110. The van der Waals surface area contributed by atoms with Crippen LogP contribution < -0.4 is 20.1 Å². The summed E-state index contributed by atoms with van der Waals surface area (Å²) in [7, 11) is 0. The monoisotopic (exact) mass is 422 g/mol. The molecule has 2 heterocycles. The second kappa shape index (κ2) is 9.07. The molecule has 2 N–H and O–H groups in total. The Balaban J connectivity index is 1.48. The minimum absolute atomic E-state index is 0.000915. The average molecular weight is 422 g/mol. The predicted octanol–water partition coefficient (Wildman–Crippen LogP) is 2.76. The molecule has 0 bridgehead atoms. The number of para-hydroxylation sites is 2. The molecule has 2 amide bonds. The summed E-state index contributed by atoms with van der Waals surface area (Å²) in [6.45, 7) is 5.29. The van der Waals surface area contributed by atoms with Gasteiger partial charge in [0.2, 0.25) is 11.8 Å². The quantitative estimate of drug-likeness (QED) is 0.611. The van der Waals surface area contributed by atoms with Crippen molar-refractivity contribution >= 4 is 28.5 Å². The van der Waals surface area contributed by atoms with E-state index in [1.165, 1.54) is 0 Å². The second-order valence-electron chi connectivity index (χ2n) is 7.71. The average Bonchev–Trinajstić information content (AvgIpc) is 3.10. The van der Waals surface area contributed by atoms with Crippen molar-refractivity contribution in [1.82, 2.24) is 14.9 Å². The molecule has 4 rings (SSSR count). The minimum atomic E-state index is -0.174. The molecule has 0 fully saturated rings. The molecular weight excluding hydrogens is 396 g/mol. The Labute approximate surface area is 180 Å². The molecule has 162 valence electrons. The lowest BCUT2D eigenvalue weighted by molar-refractivity contribution is -0.124. The van der Waals surface area contributed by atoms with Gasteiger partial charge in [0.05, 0.1) is 11.0 Å². The van der Waals surface area contributed by atoms with Crippen LogP contribution in [0.25, 0.3) is 11.0 Å². The number of carbonyl (C=O) groups is 2. The summed E-state index contributed by atoms with van der Waals surface area (Å²) >= 11 is 0. The number of imidazole rings is 1. The van der Waals surface area contributed by atoms with Gasteiger partial charge in [0, 0.05) is 30.6 Å². The molecule has 0 spiro atoms. The van der Waals surface area contributed by atoms with E-state index in [1.54, 1.807) is 18.2 Å². The van der Waals surface area contributed by atoms with Gasteiger partial charge in [-0.25, -0.2) is 4.98 Å². The largest absolute Gasteiger partial charge is 0.486 e. The lowest BCUT2D eigenvalue weighted by Crippen LogP contribution is -2.30. The Morgan fingerprint density at radius 3 is 2.68 bits per heavy atom. The first-order chi connectivity index (χ1) is 15.0. The van der Waals surface area contributed by atoms with Gasteiger partial charge in [0.25, 0.3) is 0 Å². The highest BCUT2D eigenvalue weighted by Gasteiger charge is 2.16. The summed E-state index contributed by atoms with van der Waals surface area (Å²) in [6.07, 6.45) is 0.532. The molecule has 31 heavy (non-hydrogen) atoms. The molecule has 0 aliphatic carbocycles. The Kier molecular flexibility index (Phi) is 6.06. The van der Waals surface area contributed by atoms with E-state index >= 15 is 0 Å². The number of aromatic nitrogens is 2. The molecule has 0 atom stereocenters. The SMILES string of the molecule is CC(C)C(=O)NCCc1nc2ccccc2n1CC(=O)Nc1ccc2c(c1)OCCO2. The second-order valence-corrected chi connectivity index (χ2v) is 7.71. The maximum atomic E-state index is 12.8. The van der Waals surface area contributed by atoms with Gasteiger partial charge in [-0.3, -0.25) is 9.59 Å². The van der Waals surface area contributed by atoms with Crippen molar-refractivity contribution in [2.24, 2.45) is 5.92 Å². The van der Waals surface area contributed by atoms with Crippen molar-refractivity contribution in [3.63, 3.8) is 0 Å². The van der Waals surface area contributed by atoms with Crippen LogP contribution in [0.4, 0.5) is 5.69 Å². The van der Waals surface area contributed by atoms with Gasteiger partial charge in [-0.2, -0.15) is 0 Å². The van der Waals surface area contributed by atoms with Gasteiger partial charge in [-0.05, 0) is 24.3 Å². The summed E-state index contributed by atoms with van der Waals surface area (Å²) in [5, 5.41) is 5.82. The zero-order valence-corrected chi connectivity index (χ0v) is 17.7. The van der Waals surface area contributed by atoms with Gasteiger partial charge in [-0.1, -0.05) is 26.0 Å². The highest BCUT2D eigenvalue weighted by molar-refractivity contribution is 5.92. The maximum absolute atomic E-state index is 12.8. The molecule has 8 heteroatoms. The van der Waals surface area contributed by atoms with E-state index in [4.69, 9.17) is 9.47 Å². The number of benzene rings is 2. The molecule has 3 aromatic rings. The number of ether oxygens (including phenoxy) is 2. The number of rotatable bonds is 7. The topological polar surface area (TPSA) is 94.5 Å². The van der Waals surface area contributed by atoms with Crippen LogP contribution in [0.15, 0.2) is 42.5 Å². The van der Waals surface area contributed by atoms with Crippen molar-refractivity contribution in [2.45, 2.75) is 26.8 Å². The van der Waals surface area contributed by atoms with Crippen molar-refractivity contribution in [3.8, 4) is 11.5 Å².